The Kier molecular flexibility index (Phi) is 5.18. The molecule has 0 fully saturated rings. The number of amides is 1. The number of aromatic nitrogens is 2. The lowest BCUT2D eigenvalue weighted by Gasteiger charge is -2.21. The van der Waals surface area contributed by atoms with Crippen LogP contribution in [0.4, 0.5) is 30.2 Å². The summed E-state index contributed by atoms with van der Waals surface area (Å²) >= 11 is 0. The summed E-state index contributed by atoms with van der Waals surface area (Å²) in [7, 11) is 3.06. The zero-order chi connectivity index (χ0) is 22.2. The topological polar surface area (TPSA) is 70.5 Å². The largest absolute Gasteiger partial charge is 0.418 e. The van der Waals surface area contributed by atoms with Gasteiger partial charge in [0.2, 0.25) is 5.91 Å². The quantitative estimate of drug-likeness (QED) is 0.661. The molecule has 1 amide bonds. The Balaban J connectivity index is 1.83. The van der Waals surface area contributed by atoms with Crippen molar-refractivity contribution in [2.45, 2.75) is 12.6 Å². The van der Waals surface area contributed by atoms with Gasteiger partial charge in [0.1, 0.15) is 0 Å². The zero-order valence-electron chi connectivity index (χ0n) is 16.7. The molecule has 1 N–H and O–H groups in total. The molecule has 9 heteroatoms. The van der Waals surface area contributed by atoms with E-state index in [4.69, 9.17) is 0 Å². The highest BCUT2D eigenvalue weighted by atomic mass is 19.4. The van der Waals surface area contributed by atoms with Gasteiger partial charge in [0.15, 0.2) is 5.82 Å². The predicted molar refractivity (Wildman–Crippen MR) is 113 cm³/mol. The molecule has 6 nitrogen and oxygen atoms in total. The fourth-order valence-electron chi connectivity index (χ4n) is 3.35. The van der Waals surface area contributed by atoms with Gasteiger partial charge in [-0.05, 0) is 29.8 Å². The lowest BCUT2D eigenvalue weighted by atomic mass is 10.0. The maximum atomic E-state index is 13.5. The zero-order valence-corrected chi connectivity index (χ0v) is 16.7. The Bertz CT molecular complexity index is 1170. The van der Waals surface area contributed by atoms with E-state index in [0.29, 0.717) is 17.1 Å². The van der Waals surface area contributed by atoms with E-state index < -0.39 is 17.6 Å². The number of carbonyl (C=O) groups is 1. The van der Waals surface area contributed by atoms with E-state index in [1.807, 2.05) is 12.1 Å². The Hall–Kier alpha value is -3.75. The molecule has 0 spiro atoms. The fraction of sp³-hybridized carbons (Fsp3) is 0.182. The summed E-state index contributed by atoms with van der Waals surface area (Å²) in [6.45, 7) is 0. The maximum Gasteiger partial charge on any atom is 0.418 e. The molecule has 0 atom stereocenters. The highest BCUT2D eigenvalue weighted by molar-refractivity contribution is 6.17. The molecule has 0 radical (unpaired) electrons. The molecule has 0 saturated carbocycles. The minimum Gasteiger partial charge on any atom is -0.377 e. The van der Waals surface area contributed by atoms with Gasteiger partial charge in [-0.1, -0.05) is 18.2 Å². The summed E-state index contributed by atoms with van der Waals surface area (Å²) in [5, 5.41) is 2.55. The molecule has 2 aromatic carbocycles. The molecular formula is C22H18F3N5O. The second-order valence-electron chi connectivity index (χ2n) is 7.22. The number of anilines is 2. The Morgan fingerprint density at radius 1 is 1.00 bits per heavy atom. The number of hydrogen-bond donors (Lipinski definition) is 1. The van der Waals surface area contributed by atoms with Crippen molar-refractivity contribution < 1.29 is 18.0 Å². The second kappa shape index (κ2) is 7.82. The number of aliphatic imine (C=N–C) groups is 1. The molecule has 31 heavy (non-hydrogen) atoms. The van der Waals surface area contributed by atoms with Crippen molar-refractivity contribution in [2.75, 3.05) is 24.3 Å². The smallest absolute Gasteiger partial charge is 0.377 e. The van der Waals surface area contributed by atoms with Crippen LogP contribution in [0.3, 0.4) is 0 Å². The molecule has 0 aliphatic carbocycles. The summed E-state index contributed by atoms with van der Waals surface area (Å²) < 4.78 is 40.6. The number of carbonyl (C=O) groups excluding carboxylic acids is 1. The summed E-state index contributed by atoms with van der Waals surface area (Å²) in [5.41, 5.74) is 1.28. The molecule has 2 heterocycles. The van der Waals surface area contributed by atoms with Crippen LogP contribution in [-0.4, -0.2) is 35.7 Å². The van der Waals surface area contributed by atoms with Gasteiger partial charge in [0.25, 0.3) is 0 Å². The predicted octanol–water partition coefficient (Wildman–Crippen LogP) is 4.69. The Morgan fingerprint density at radius 3 is 2.39 bits per heavy atom. The van der Waals surface area contributed by atoms with Crippen molar-refractivity contribution in [3.63, 3.8) is 0 Å². The van der Waals surface area contributed by atoms with Crippen LogP contribution in [0.15, 0.2) is 59.9 Å². The molecule has 1 aliphatic rings. The Morgan fingerprint density at radius 2 is 1.71 bits per heavy atom. The molecule has 0 saturated heterocycles. The van der Waals surface area contributed by atoms with Gasteiger partial charge in [0.05, 0.1) is 34.8 Å². The average molecular weight is 425 g/mol. The molecule has 158 valence electrons. The first kappa shape index (κ1) is 20.5. The first-order valence-corrected chi connectivity index (χ1v) is 9.40. The lowest BCUT2D eigenvalue weighted by molar-refractivity contribution is -0.137. The van der Waals surface area contributed by atoms with E-state index in [9.17, 15) is 18.0 Å². The van der Waals surface area contributed by atoms with Crippen molar-refractivity contribution in [1.29, 1.82) is 0 Å². The van der Waals surface area contributed by atoms with E-state index in [1.165, 1.54) is 25.1 Å². The van der Waals surface area contributed by atoms with Crippen molar-refractivity contribution in [2.24, 2.45) is 4.99 Å². The molecule has 1 aliphatic heterocycles. The summed E-state index contributed by atoms with van der Waals surface area (Å²) in [5.74, 6) is 0.0812. The van der Waals surface area contributed by atoms with Gasteiger partial charge in [-0.2, -0.15) is 13.2 Å². The van der Waals surface area contributed by atoms with Gasteiger partial charge in [0, 0.05) is 32.1 Å². The number of nitrogens with zero attached hydrogens (tertiary/aromatic N) is 4. The Labute approximate surface area is 176 Å². The van der Waals surface area contributed by atoms with Gasteiger partial charge in [-0.25, -0.2) is 9.97 Å². The lowest BCUT2D eigenvalue weighted by Crippen LogP contribution is -2.18. The van der Waals surface area contributed by atoms with Crippen molar-refractivity contribution in [3.8, 4) is 11.4 Å². The van der Waals surface area contributed by atoms with E-state index in [-0.39, 0.29) is 23.5 Å². The number of nitrogens with one attached hydrogen (secondary N) is 1. The highest BCUT2D eigenvalue weighted by Gasteiger charge is 2.35. The van der Waals surface area contributed by atoms with E-state index >= 15 is 0 Å². The van der Waals surface area contributed by atoms with Crippen LogP contribution in [0.2, 0.25) is 0 Å². The number of alkyl halides is 3. The van der Waals surface area contributed by atoms with Crippen LogP contribution in [0.5, 0.6) is 0 Å². The third kappa shape index (κ3) is 4.25. The molecular weight excluding hydrogens is 407 g/mol. The normalized spacial score (nSPS) is 13.7. The van der Waals surface area contributed by atoms with Crippen molar-refractivity contribution in [3.05, 3.63) is 66.0 Å². The van der Waals surface area contributed by atoms with Crippen LogP contribution in [0.25, 0.3) is 11.4 Å². The second-order valence-corrected chi connectivity index (χ2v) is 7.22. The first-order valence-electron chi connectivity index (χ1n) is 9.40. The molecule has 0 unspecified atom stereocenters. The fourth-order valence-corrected chi connectivity index (χ4v) is 3.35. The highest BCUT2D eigenvalue weighted by Crippen LogP contribution is 2.42. The molecule has 1 aromatic heterocycles. The molecule has 0 bridgehead atoms. The first-order chi connectivity index (χ1) is 14.7. The number of fused-ring (bicyclic) bond motifs is 1. The van der Waals surface area contributed by atoms with Crippen LogP contribution in [0, 0.1) is 0 Å². The maximum absolute atomic E-state index is 13.5. The average Bonchev–Trinajstić information content (AvgIpc) is 2.90. The molecule has 3 aromatic rings. The SMILES string of the molecule is CN(C)c1cc2c(cc1C(F)(F)F)NC(=O)CC(c1cccc(-c3ncccn3)c1)=N2. The van der Waals surface area contributed by atoms with Gasteiger partial charge in [-0.3, -0.25) is 9.79 Å². The van der Waals surface area contributed by atoms with Crippen molar-refractivity contribution >= 4 is 28.7 Å². The van der Waals surface area contributed by atoms with Crippen LogP contribution in [-0.2, 0) is 11.0 Å². The van der Waals surface area contributed by atoms with E-state index in [2.05, 4.69) is 20.3 Å². The van der Waals surface area contributed by atoms with Crippen molar-refractivity contribution in [1.82, 2.24) is 9.97 Å². The number of rotatable bonds is 3. The van der Waals surface area contributed by atoms with Crippen LogP contribution < -0.4 is 10.2 Å². The minimum absolute atomic E-state index is 0.0282. The number of benzene rings is 2. The third-order valence-corrected chi connectivity index (χ3v) is 4.78. The van der Waals surface area contributed by atoms with Crippen LogP contribution >= 0.6 is 0 Å². The van der Waals surface area contributed by atoms with Crippen LogP contribution in [0.1, 0.15) is 17.5 Å². The number of hydrogen-bond acceptors (Lipinski definition) is 5. The summed E-state index contributed by atoms with van der Waals surface area (Å²) in [6, 6.07) is 11.2. The standard InChI is InChI=1S/C22H18F3N5O/c1-30(2)19-11-18-17(10-15(19)22(23,24)25)29-20(31)12-16(28-18)13-5-3-6-14(9-13)21-26-7-4-8-27-21/h3-11H,12H2,1-2H3,(H,29,31). The minimum atomic E-state index is -4.57. The van der Waals surface area contributed by atoms with Gasteiger partial charge in [-0.15, -0.1) is 0 Å². The third-order valence-electron chi connectivity index (χ3n) is 4.78. The van der Waals surface area contributed by atoms with Gasteiger partial charge < -0.3 is 10.2 Å². The summed E-state index contributed by atoms with van der Waals surface area (Å²) in [6.07, 6.45) is -1.39. The summed E-state index contributed by atoms with van der Waals surface area (Å²) in [4.78, 5) is 26.8. The van der Waals surface area contributed by atoms with E-state index in [0.717, 1.165) is 11.6 Å². The van der Waals surface area contributed by atoms with Gasteiger partial charge >= 0.3 is 6.18 Å². The molecule has 4 rings (SSSR count). The number of halogens is 3. The van der Waals surface area contributed by atoms with E-state index in [1.54, 1.807) is 30.6 Å². The monoisotopic (exact) mass is 425 g/mol.